The molecule has 19 heavy (non-hydrogen) atoms. The Balaban J connectivity index is 1.78. The molecule has 0 amide bonds. The van der Waals surface area contributed by atoms with Gasteiger partial charge in [-0.3, -0.25) is 0 Å². The van der Waals surface area contributed by atoms with Crippen molar-refractivity contribution in [2.75, 3.05) is 5.75 Å². The molecule has 1 aliphatic rings. The first-order chi connectivity index (χ1) is 9.34. The summed E-state index contributed by atoms with van der Waals surface area (Å²) in [6, 6.07) is 0.474. The number of hydrogen-bond donors (Lipinski definition) is 1. The summed E-state index contributed by atoms with van der Waals surface area (Å²) < 4.78 is 0. The Kier molecular flexibility index (Phi) is 11.0. The molecule has 2 heteroatoms. The second kappa shape index (κ2) is 12.1. The van der Waals surface area contributed by atoms with Crippen LogP contribution < -0.4 is 5.73 Å². The highest BCUT2D eigenvalue weighted by molar-refractivity contribution is 8.00. The van der Waals surface area contributed by atoms with Crippen LogP contribution in [0, 0.1) is 0 Å². The monoisotopic (exact) mass is 285 g/mol. The van der Waals surface area contributed by atoms with Gasteiger partial charge in [-0.1, -0.05) is 71.1 Å². The molecule has 1 nitrogen and oxygen atoms in total. The minimum atomic E-state index is 0.474. The third-order valence-corrected chi connectivity index (χ3v) is 5.87. The van der Waals surface area contributed by atoms with E-state index in [4.69, 9.17) is 5.73 Å². The van der Waals surface area contributed by atoms with Crippen molar-refractivity contribution in [2.45, 2.75) is 102 Å². The zero-order valence-electron chi connectivity index (χ0n) is 13.0. The number of hydrogen-bond acceptors (Lipinski definition) is 2. The Bertz CT molecular complexity index is 190. The molecule has 1 rings (SSSR count). The summed E-state index contributed by atoms with van der Waals surface area (Å²) in [5.74, 6) is 1.34. The minimum absolute atomic E-state index is 0.474. The molecule has 1 aliphatic heterocycles. The van der Waals surface area contributed by atoms with Gasteiger partial charge in [-0.25, -0.2) is 0 Å². The fourth-order valence-corrected chi connectivity index (χ4v) is 4.35. The molecule has 1 heterocycles. The Morgan fingerprint density at radius 1 is 0.947 bits per heavy atom. The van der Waals surface area contributed by atoms with Crippen molar-refractivity contribution in [3.05, 3.63) is 0 Å². The average molecular weight is 286 g/mol. The summed E-state index contributed by atoms with van der Waals surface area (Å²) in [7, 11) is 0. The summed E-state index contributed by atoms with van der Waals surface area (Å²) in [5.41, 5.74) is 6.27. The van der Waals surface area contributed by atoms with Crippen LogP contribution in [0.15, 0.2) is 0 Å². The van der Waals surface area contributed by atoms with E-state index in [1.54, 1.807) is 0 Å². The van der Waals surface area contributed by atoms with Gasteiger partial charge in [-0.2, -0.15) is 11.8 Å². The zero-order chi connectivity index (χ0) is 13.8. The van der Waals surface area contributed by atoms with Crippen LogP contribution in [-0.4, -0.2) is 17.0 Å². The van der Waals surface area contributed by atoms with E-state index in [2.05, 4.69) is 18.7 Å². The van der Waals surface area contributed by atoms with E-state index in [-0.39, 0.29) is 0 Å². The molecule has 1 fully saturated rings. The van der Waals surface area contributed by atoms with E-state index >= 15 is 0 Å². The predicted octanol–water partition coefficient (Wildman–Crippen LogP) is 5.52. The van der Waals surface area contributed by atoms with Crippen molar-refractivity contribution >= 4 is 11.8 Å². The fraction of sp³-hybridized carbons (Fsp3) is 1.00. The minimum Gasteiger partial charge on any atom is -0.327 e. The normalized spacial score (nSPS) is 20.8. The topological polar surface area (TPSA) is 26.0 Å². The molecule has 114 valence electrons. The molecule has 2 unspecified atom stereocenters. The largest absolute Gasteiger partial charge is 0.327 e. The van der Waals surface area contributed by atoms with E-state index in [9.17, 15) is 0 Å². The Morgan fingerprint density at radius 3 is 2.05 bits per heavy atom. The van der Waals surface area contributed by atoms with E-state index in [1.165, 1.54) is 89.2 Å². The van der Waals surface area contributed by atoms with Gasteiger partial charge in [-0.15, -0.1) is 0 Å². The molecular weight excluding hydrogens is 250 g/mol. The van der Waals surface area contributed by atoms with Gasteiger partial charge in [0, 0.05) is 11.3 Å². The predicted molar refractivity (Wildman–Crippen MR) is 89.9 cm³/mol. The standard InChI is InChI=1S/C17H35NS/c1-2-3-4-5-6-7-8-9-10-11-13-16(18)17-14-12-15-19-17/h16-17H,2-15,18H2,1H3. The van der Waals surface area contributed by atoms with Crippen molar-refractivity contribution in [1.29, 1.82) is 0 Å². The maximum Gasteiger partial charge on any atom is 0.0199 e. The Labute approximate surface area is 125 Å². The highest BCUT2D eigenvalue weighted by Gasteiger charge is 2.21. The number of unbranched alkanes of at least 4 members (excludes halogenated alkanes) is 9. The van der Waals surface area contributed by atoms with Gasteiger partial charge in [0.2, 0.25) is 0 Å². The number of thioether (sulfide) groups is 1. The summed E-state index contributed by atoms with van der Waals surface area (Å²) in [6.45, 7) is 2.29. The lowest BCUT2D eigenvalue weighted by Gasteiger charge is -2.17. The highest BCUT2D eigenvalue weighted by Crippen LogP contribution is 2.29. The third-order valence-electron chi connectivity index (χ3n) is 4.33. The lowest BCUT2D eigenvalue weighted by Crippen LogP contribution is -2.30. The van der Waals surface area contributed by atoms with Crippen LogP contribution in [0.1, 0.15) is 90.4 Å². The Hall–Kier alpha value is 0.310. The van der Waals surface area contributed by atoms with Crippen LogP contribution in [0.25, 0.3) is 0 Å². The molecule has 0 aliphatic carbocycles. The van der Waals surface area contributed by atoms with Gasteiger partial charge in [-0.05, 0) is 25.0 Å². The molecule has 0 aromatic rings. The van der Waals surface area contributed by atoms with Gasteiger partial charge < -0.3 is 5.73 Å². The van der Waals surface area contributed by atoms with Crippen LogP contribution in [0.4, 0.5) is 0 Å². The first-order valence-electron chi connectivity index (χ1n) is 8.71. The molecule has 0 bridgehead atoms. The maximum atomic E-state index is 6.27. The van der Waals surface area contributed by atoms with Crippen molar-refractivity contribution in [2.24, 2.45) is 5.73 Å². The van der Waals surface area contributed by atoms with Gasteiger partial charge in [0.1, 0.15) is 0 Å². The zero-order valence-corrected chi connectivity index (χ0v) is 13.9. The van der Waals surface area contributed by atoms with E-state index in [1.807, 2.05) is 0 Å². The van der Waals surface area contributed by atoms with Crippen molar-refractivity contribution in [3.63, 3.8) is 0 Å². The van der Waals surface area contributed by atoms with E-state index < -0.39 is 0 Å². The third kappa shape index (κ3) is 8.96. The summed E-state index contributed by atoms with van der Waals surface area (Å²) in [6.07, 6.45) is 18.2. The molecule has 2 atom stereocenters. The Morgan fingerprint density at radius 2 is 1.53 bits per heavy atom. The van der Waals surface area contributed by atoms with Crippen LogP contribution in [0.3, 0.4) is 0 Å². The number of rotatable bonds is 12. The van der Waals surface area contributed by atoms with Gasteiger partial charge >= 0.3 is 0 Å². The van der Waals surface area contributed by atoms with Gasteiger partial charge in [0.15, 0.2) is 0 Å². The van der Waals surface area contributed by atoms with Crippen LogP contribution in [0.5, 0.6) is 0 Å². The lowest BCUT2D eigenvalue weighted by atomic mass is 10.0. The average Bonchev–Trinajstić information content (AvgIpc) is 2.95. The molecule has 0 aromatic carbocycles. The van der Waals surface area contributed by atoms with Crippen molar-refractivity contribution in [1.82, 2.24) is 0 Å². The summed E-state index contributed by atoms with van der Waals surface area (Å²) in [4.78, 5) is 0. The van der Waals surface area contributed by atoms with Gasteiger partial charge in [0.05, 0.1) is 0 Å². The van der Waals surface area contributed by atoms with Crippen molar-refractivity contribution < 1.29 is 0 Å². The first kappa shape index (κ1) is 17.4. The van der Waals surface area contributed by atoms with Crippen LogP contribution in [-0.2, 0) is 0 Å². The quantitative estimate of drug-likeness (QED) is 0.478. The first-order valence-corrected chi connectivity index (χ1v) is 9.76. The second-order valence-corrected chi connectivity index (χ2v) is 7.53. The molecule has 2 N–H and O–H groups in total. The summed E-state index contributed by atoms with van der Waals surface area (Å²) >= 11 is 2.11. The molecule has 0 saturated carbocycles. The van der Waals surface area contributed by atoms with Crippen LogP contribution in [0.2, 0.25) is 0 Å². The fourth-order valence-electron chi connectivity index (χ4n) is 2.99. The van der Waals surface area contributed by atoms with E-state index in [0.29, 0.717) is 6.04 Å². The second-order valence-electron chi connectivity index (χ2n) is 6.19. The maximum absolute atomic E-state index is 6.27. The molecule has 0 radical (unpaired) electrons. The highest BCUT2D eigenvalue weighted by atomic mass is 32.2. The molecule has 1 saturated heterocycles. The van der Waals surface area contributed by atoms with Crippen LogP contribution >= 0.6 is 11.8 Å². The lowest BCUT2D eigenvalue weighted by molar-refractivity contribution is 0.507. The molecule has 0 spiro atoms. The van der Waals surface area contributed by atoms with E-state index in [0.717, 1.165) is 5.25 Å². The number of nitrogens with two attached hydrogens (primary N) is 1. The molecular formula is C17H35NS. The van der Waals surface area contributed by atoms with Gasteiger partial charge in [0.25, 0.3) is 0 Å². The molecule has 0 aromatic heterocycles. The smallest absolute Gasteiger partial charge is 0.0199 e. The SMILES string of the molecule is CCCCCCCCCCCCC(N)C1CCCS1. The van der Waals surface area contributed by atoms with Crippen molar-refractivity contribution in [3.8, 4) is 0 Å². The summed E-state index contributed by atoms with van der Waals surface area (Å²) in [5, 5.41) is 0.776.